The largest absolute Gasteiger partial charge is 0.279 e. The summed E-state index contributed by atoms with van der Waals surface area (Å²) in [5.74, 6) is 0. The molecule has 2 aromatic rings. The van der Waals surface area contributed by atoms with Crippen LogP contribution in [-0.2, 0) is 10.0 Å². The van der Waals surface area contributed by atoms with Crippen molar-refractivity contribution in [3.8, 4) is 6.07 Å². The molecule has 0 fully saturated rings. The van der Waals surface area contributed by atoms with Gasteiger partial charge in [0.25, 0.3) is 10.0 Å². The molecule has 0 aliphatic heterocycles. The highest BCUT2D eigenvalue weighted by molar-refractivity contribution is 9.10. The van der Waals surface area contributed by atoms with Crippen molar-refractivity contribution in [3.05, 3.63) is 57.6 Å². The second-order valence-electron chi connectivity index (χ2n) is 4.63. The van der Waals surface area contributed by atoms with E-state index in [-0.39, 0.29) is 10.5 Å². The molecule has 1 N–H and O–H groups in total. The van der Waals surface area contributed by atoms with Gasteiger partial charge in [-0.1, -0.05) is 28.1 Å². The van der Waals surface area contributed by atoms with Gasteiger partial charge in [-0.2, -0.15) is 5.26 Å². The van der Waals surface area contributed by atoms with Crippen LogP contribution in [0.2, 0.25) is 0 Å². The van der Waals surface area contributed by atoms with Gasteiger partial charge in [-0.3, -0.25) is 4.72 Å². The van der Waals surface area contributed by atoms with Crippen molar-refractivity contribution in [2.75, 3.05) is 4.72 Å². The van der Waals surface area contributed by atoms with Gasteiger partial charge in [0.2, 0.25) is 0 Å². The van der Waals surface area contributed by atoms with Crippen molar-refractivity contribution in [1.82, 2.24) is 0 Å². The van der Waals surface area contributed by atoms with Gasteiger partial charge in [0.05, 0.1) is 11.3 Å². The molecule has 4 nitrogen and oxygen atoms in total. The molecular weight excluding hydrogens is 352 g/mol. The Kier molecular flexibility index (Phi) is 4.35. The maximum Gasteiger partial charge on any atom is 0.263 e. The molecule has 0 radical (unpaired) electrons. The highest BCUT2D eigenvalue weighted by Gasteiger charge is 2.20. The zero-order valence-corrected chi connectivity index (χ0v) is 13.9. The maximum absolute atomic E-state index is 12.5. The van der Waals surface area contributed by atoms with Crippen molar-refractivity contribution in [2.45, 2.75) is 18.7 Å². The van der Waals surface area contributed by atoms with Crippen molar-refractivity contribution in [3.63, 3.8) is 0 Å². The number of nitriles is 1. The van der Waals surface area contributed by atoms with E-state index in [9.17, 15) is 8.42 Å². The summed E-state index contributed by atoms with van der Waals surface area (Å²) < 4.78 is 28.5. The predicted molar refractivity (Wildman–Crippen MR) is 85.6 cm³/mol. The third-order valence-electron chi connectivity index (χ3n) is 3.03. The van der Waals surface area contributed by atoms with Crippen molar-refractivity contribution in [2.24, 2.45) is 0 Å². The lowest BCUT2D eigenvalue weighted by Crippen LogP contribution is -2.16. The Balaban J connectivity index is 2.51. The number of halogens is 1. The minimum atomic E-state index is -3.80. The lowest BCUT2D eigenvalue weighted by atomic mass is 10.1. The van der Waals surface area contributed by atoms with E-state index in [2.05, 4.69) is 20.7 Å². The molecule has 0 saturated heterocycles. The molecule has 0 saturated carbocycles. The number of aryl methyl sites for hydroxylation is 2. The van der Waals surface area contributed by atoms with E-state index in [1.165, 1.54) is 12.1 Å². The fourth-order valence-corrected chi connectivity index (χ4v) is 4.10. The lowest BCUT2D eigenvalue weighted by molar-refractivity contribution is 0.601. The normalized spacial score (nSPS) is 11.0. The van der Waals surface area contributed by atoms with Crippen molar-refractivity contribution in [1.29, 1.82) is 5.26 Å². The Hall–Kier alpha value is -1.84. The van der Waals surface area contributed by atoms with E-state index in [1.807, 2.05) is 32.0 Å². The standard InChI is InChI=1S/C15H13BrN2O2S/c1-10-7-13(16)8-11(2)15(10)18-21(19,20)14-6-4-3-5-12(14)9-17/h3-8,18H,1-2H3. The van der Waals surface area contributed by atoms with Gasteiger partial charge in [-0.15, -0.1) is 0 Å². The van der Waals surface area contributed by atoms with Crippen LogP contribution in [0.1, 0.15) is 16.7 Å². The second-order valence-corrected chi connectivity index (χ2v) is 7.19. The van der Waals surface area contributed by atoms with Gasteiger partial charge >= 0.3 is 0 Å². The van der Waals surface area contributed by atoms with Crippen LogP contribution in [0, 0.1) is 25.2 Å². The predicted octanol–water partition coefficient (Wildman–Crippen LogP) is 3.74. The van der Waals surface area contributed by atoms with E-state index in [0.29, 0.717) is 5.69 Å². The molecule has 0 spiro atoms. The first-order valence-corrected chi connectivity index (χ1v) is 8.41. The lowest BCUT2D eigenvalue weighted by Gasteiger charge is -2.14. The number of hydrogen-bond acceptors (Lipinski definition) is 3. The van der Waals surface area contributed by atoms with Gasteiger partial charge in [0.1, 0.15) is 11.0 Å². The Morgan fingerprint density at radius 3 is 2.29 bits per heavy atom. The third kappa shape index (κ3) is 3.26. The van der Waals surface area contributed by atoms with E-state index in [4.69, 9.17) is 5.26 Å². The molecule has 2 aromatic carbocycles. The Morgan fingerprint density at radius 2 is 1.71 bits per heavy atom. The van der Waals surface area contributed by atoms with Gasteiger partial charge < -0.3 is 0 Å². The number of nitrogens with one attached hydrogen (secondary N) is 1. The number of sulfonamides is 1. The second kappa shape index (κ2) is 5.88. The van der Waals surface area contributed by atoms with Crippen LogP contribution in [0.5, 0.6) is 0 Å². The van der Waals surface area contributed by atoms with Crippen LogP contribution < -0.4 is 4.72 Å². The Labute approximate surface area is 132 Å². The molecule has 6 heteroatoms. The summed E-state index contributed by atoms with van der Waals surface area (Å²) in [5, 5.41) is 9.05. The van der Waals surface area contributed by atoms with E-state index >= 15 is 0 Å². The zero-order chi connectivity index (χ0) is 15.6. The molecule has 0 aliphatic rings. The van der Waals surface area contributed by atoms with Crippen molar-refractivity contribution >= 4 is 31.6 Å². The molecule has 0 aromatic heterocycles. The van der Waals surface area contributed by atoms with Crippen LogP contribution in [0.3, 0.4) is 0 Å². The number of rotatable bonds is 3. The number of anilines is 1. The van der Waals surface area contributed by atoms with Crippen LogP contribution in [0.4, 0.5) is 5.69 Å². The minimum absolute atomic E-state index is 0.0192. The summed E-state index contributed by atoms with van der Waals surface area (Å²) in [5.41, 5.74) is 2.27. The number of nitrogens with zero attached hydrogens (tertiary/aromatic N) is 1. The topological polar surface area (TPSA) is 70.0 Å². The average molecular weight is 365 g/mol. The number of hydrogen-bond donors (Lipinski definition) is 1. The molecule has 0 heterocycles. The summed E-state index contributed by atoms with van der Waals surface area (Å²) in [6.07, 6.45) is 0. The first-order valence-electron chi connectivity index (χ1n) is 6.14. The van der Waals surface area contributed by atoms with Gasteiger partial charge in [-0.05, 0) is 49.2 Å². The average Bonchev–Trinajstić information content (AvgIpc) is 2.43. The molecule has 0 bridgehead atoms. The summed E-state index contributed by atoms with van der Waals surface area (Å²) in [4.78, 5) is -0.0192. The summed E-state index contributed by atoms with van der Waals surface area (Å²) in [6, 6.07) is 11.7. The summed E-state index contributed by atoms with van der Waals surface area (Å²) in [7, 11) is -3.80. The van der Waals surface area contributed by atoms with Crippen LogP contribution in [0.15, 0.2) is 45.8 Å². The monoisotopic (exact) mass is 364 g/mol. The van der Waals surface area contributed by atoms with Crippen LogP contribution >= 0.6 is 15.9 Å². The van der Waals surface area contributed by atoms with Gasteiger partial charge in [-0.25, -0.2) is 8.42 Å². The zero-order valence-electron chi connectivity index (χ0n) is 11.5. The quantitative estimate of drug-likeness (QED) is 0.901. The molecule has 0 amide bonds. The van der Waals surface area contributed by atoms with E-state index in [0.717, 1.165) is 15.6 Å². The molecule has 2 rings (SSSR count). The fraction of sp³-hybridized carbons (Fsp3) is 0.133. The Bertz CT molecular complexity index is 816. The summed E-state index contributed by atoms with van der Waals surface area (Å²) in [6.45, 7) is 3.65. The molecule has 0 unspecified atom stereocenters. The Morgan fingerprint density at radius 1 is 1.14 bits per heavy atom. The number of benzene rings is 2. The van der Waals surface area contributed by atoms with Crippen LogP contribution in [-0.4, -0.2) is 8.42 Å². The van der Waals surface area contributed by atoms with Gasteiger partial charge in [0, 0.05) is 4.47 Å². The van der Waals surface area contributed by atoms with E-state index in [1.54, 1.807) is 12.1 Å². The summed E-state index contributed by atoms with van der Waals surface area (Å²) >= 11 is 3.37. The SMILES string of the molecule is Cc1cc(Br)cc(C)c1NS(=O)(=O)c1ccccc1C#N. The smallest absolute Gasteiger partial charge is 0.263 e. The molecule has 108 valence electrons. The third-order valence-corrected chi connectivity index (χ3v) is 4.90. The highest BCUT2D eigenvalue weighted by atomic mass is 79.9. The molecule has 0 aliphatic carbocycles. The molecule has 21 heavy (non-hydrogen) atoms. The van der Waals surface area contributed by atoms with E-state index < -0.39 is 10.0 Å². The van der Waals surface area contributed by atoms with Crippen LogP contribution in [0.25, 0.3) is 0 Å². The molecule has 0 atom stereocenters. The fourth-order valence-electron chi connectivity index (χ4n) is 2.05. The first kappa shape index (κ1) is 15.5. The molecular formula is C15H13BrN2O2S. The first-order chi connectivity index (χ1) is 9.85. The van der Waals surface area contributed by atoms with Crippen molar-refractivity contribution < 1.29 is 8.42 Å². The maximum atomic E-state index is 12.5. The minimum Gasteiger partial charge on any atom is -0.279 e. The highest BCUT2D eigenvalue weighted by Crippen LogP contribution is 2.28. The van der Waals surface area contributed by atoms with Gasteiger partial charge in [0.15, 0.2) is 0 Å².